The second-order valence-electron chi connectivity index (χ2n) is 11.6. The van der Waals surface area contributed by atoms with E-state index in [2.05, 4.69) is 17.6 Å². The molecule has 3 amide bonds. The van der Waals surface area contributed by atoms with E-state index in [0.717, 1.165) is 12.8 Å². The zero-order valence-corrected chi connectivity index (χ0v) is 24.0. The normalized spacial score (nSPS) is 30.0. The molecule has 2 unspecified atom stereocenters. The molecule has 3 fully saturated rings. The number of unbranched alkanes of at least 4 members (excludes halogenated alkanes) is 1. The van der Waals surface area contributed by atoms with Gasteiger partial charge in [0.2, 0.25) is 17.7 Å². The number of ether oxygens (including phenoxy) is 2. The Morgan fingerprint density at radius 2 is 1.87 bits per heavy atom. The molecule has 6 atom stereocenters. The van der Waals surface area contributed by atoms with Crippen LogP contribution in [0.1, 0.15) is 73.1 Å². The van der Waals surface area contributed by atoms with Crippen molar-refractivity contribution < 1.29 is 29.0 Å². The molecule has 216 valence electrons. The molecule has 3 saturated heterocycles. The number of amides is 3. The predicted molar refractivity (Wildman–Crippen MR) is 148 cm³/mol. The molecule has 9 heteroatoms. The number of nitrogens with zero attached hydrogens (tertiary/aromatic N) is 1. The van der Waals surface area contributed by atoms with Crippen molar-refractivity contribution in [1.29, 1.82) is 0 Å². The topological polar surface area (TPSA) is 117 Å². The fraction of sp³-hybridized carbons (Fsp3) is 0.700. The number of fused-ring (bicyclic) bond motifs is 1. The fourth-order valence-corrected chi connectivity index (χ4v) is 7.07. The first kappa shape index (κ1) is 29.3. The van der Waals surface area contributed by atoms with Crippen LogP contribution in [0, 0.1) is 17.8 Å². The van der Waals surface area contributed by atoms with Gasteiger partial charge in [-0.3, -0.25) is 14.4 Å². The first-order valence-electron chi connectivity index (χ1n) is 14.6. The number of hydrogen-bond acceptors (Lipinski definition) is 6. The van der Waals surface area contributed by atoms with E-state index in [-0.39, 0.29) is 30.2 Å². The summed E-state index contributed by atoms with van der Waals surface area (Å²) >= 11 is 0. The van der Waals surface area contributed by atoms with Crippen molar-refractivity contribution in [1.82, 2.24) is 10.2 Å². The zero-order valence-electron chi connectivity index (χ0n) is 24.0. The maximum Gasteiger partial charge on any atom is 0.245 e. The number of carbonyl (C=O) groups excluding carboxylic acids is 3. The SMILES string of the molecule is CCCCNC(=O)C1N([C@@H](CO)CC(C)C)C(=O)[C@@H]2[C@H](C(=O)Nc3ccc(OCC)cc3)[C@]3(CC)CCC12O3. The second kappa shape index (κ2) is 11.8. The van der Waals surface area contributed by atoms with Gasteiger partial charge in [-0.05, 0) is 69.2 Å². The van der Waals surface area contributed by atoms with Crippen molar-refractivity contribution in [3.05, 3.63) is 24.3 Å². The largest absolute Gasteiger partial charge is 0.494 e. The van der Waals surface area contributed by atoms with E-state index in [1.54, 1.807) is 29.2 Å². The summed E-state index contributed by atoms with van der Waals surface area (Å²) < 4.78 is 12.3. The number of anilines is 1. The molecule has 9 nitrogen and oxygen atoms in total. The third-order valence-electron chi connectivity index (χ3n) is 8.76. The first-order valence-corrected chi connectivity index (χ1v) is 14.6. The Hall–Kier alpha value is -2.65. The Kier molecular flexibility index (Phi) is 8.91. The molecular formula is C30H45N3O6. The molecule has 3 N–H and O–H groups in total. The molecule has 0 aromatic heterocycles. The molecule has 0 aliphatic carbocycles. The molecular weight excluding hydrogens is 498 g/mol. The van der Waals surface area contributed by atoms with E-state index < -0.39 is 35.1 Å². The fourth-order valence-electron chi connectivity index (χ4n) is 7.07. The van der Waals surface area contributed by atoms with Crippen LogP contribution in [0.25, 0.3) is 0 Å². The minimum atomic E-state index is -1.10. The molecule has 2 bridgehead atoms. The lowest BCUT2D eigenvalue weighted by atomic mass is 9.65. The van der Waals surface area contributed by atoms with Gasteiger partial charge in [-0.15, -0.1) is 0 Å². The number of benzene rings is 1. The Morgan fingerprint density at radius 1 is 1.15 bits per heavy atom. The Balaban J connectivity index is 1.70. The maximum absolute atomic E-state index is 14.3. The van der Waals surface area contributed by atoms with Gasteiger partial charge in [-0.25, -0.2) is 0 Å². The van der Waals surface area contributed by atoms with Crippen molar-refractivity contribution in [2.75, 3.05) is 25.1 Å². The number of rotatable bonds is 13. The van der Waals surface area contributed by atoms with Gasteiger partial charge in [0.1, 0.15) is 17.4 Å². The quantitative estimate of drug-likeness (QED) is 0.328. The molecule has 1 aromatic carbocycles. The number of hydrogen-bond donors (Lipinski definition) is 3. The Morgan fingerprint density at radius 3 is 2.46 bits per heavy atom. The van der Waals surface area contributed by atoms with Crippen molar-refractivity contribution in [2.45, 2.75) is 96.4 Å². The zero-order chi connectivity index (χ0) is 28.4. The maximum atomic E-state index is 14.3. The third kappa shape index (κ3) is 5.15. The van der Waals surface area contributed by atoms with E-state index in [1.807, 2.05) is 27.7 Å². The average molecular weight is 544 g/mol. The monoisotopic (exact) mass is 543 g/mol. The lowest BCUT2D eigenvalue weighted by Gasteiger charge is -2.38. The second-order valence-corrected chi connectivity index (χ2v) is 11.6. The highest BCUT2D eigenvalue weighted by Gasteiger charge is 2.79. The Bertz CT molecular complexity index is 1050. The van der Waals surface area contributed by atoms with Crippen molar-refractivity contribution >= 4 is 23.4 Å². The third-order valence-corrected chi connectivity index (χ3v) is 8.76. The van der Waals surface area contributed by atoms with Crippen LogP contribution in [-0.4, -0.2) is 70.8 Å². The predicted octanol–water partition coefficient (Wildman–Crippen LogP) is 3.50. The highest BCUT2D eigenvalue weighted by molar-refractivity contribution is 6.02. The van der Waals surface area contributed by atoms with Gasteiger partial charge in [0.25, 0.3) is 0 Å². The van der Waals surface area contributed by atoms with Crippen molar-refractivity contribution in [3.8, 4) is 5.75 Å². The molecule has 4 rings (SSSR count). The summed E-state index contributed by atoms with van der Waals surface area (Å²) in [4.78, 5) is 43.6. The summed E-state index contributed by atoms with van der Waals surface area (Å²) in [6.07, 6.45) is 3.97. The number of nitrogens with one attached hydrogen (secondary N) is 2. The highest BCUT2D eigenvalue weighted by atomic mass is 16.5. The number of carbonyl (C=O) groups is 3. The summed E-state index contributed by atoms with van der Waals surface area (Å²) in [5.74, 6) is -1.44. The van der Waals surface area contributed by atoms with Crippen LogP contribution < -0.4 is 15.4 Å². The summed E-state index contributed by atoms with van der Waals surface area (Å²) in [7, 11) is 0. The smallest absolute Gasteiger partial charge is 0.245 e. The average Bonchev–Trinajstić information content (AvgIpc) is 3.52. The van der Waals surface area contributed by atoms with Crippen LogP contribution in [0.3, 0.4) is 0 Å². The van der Waals surface area contributed by atoms with Gasteiger partial charge < -0.3 is 30.1 Å². The van der Waals surface area contributed by atoms with Crippen molar-refractivity contribution in [2.24, 2.45) is 17.8 Å². The lowest BCUT2D eigenvalue weighted by molar-refractivity contribution is -0.150. The van der Waals surface area contributed by atoms with Crippen LogP contribution in [-0.2, 0) is 19.1 Å². The van der Waals surface area contributed by atoms with Gasteiger partial charge in [-0.2, -0.15) is 0 Å². The van der Waals surface area contributed by atoms with Gasteiger partial charge in [-0.1, -0.05) is 34.1 Å². The van der Waals surface area contributed by atoms with Crippen LogP contribution in [0.4, 0.5) is 5.69 Å². The van der Waals surface area contributed by atoms with E-state index in [1.165, 1.54) is 0 Å². The molecule has 3 aliphatic rings. The molecule has 39 heavy (non-hydrogen) atoms. The minimum Gasteiger partial charge on any atom is -0.494 e. The van der Waals surface area contributed by atoms with Crippen molar-refractivity contribution in [3.63, 3.8) is 0 Å². The van der Waals surface area contributed by atoms with Crippen LogP contribution in [0.5, 0.6) is 5.75 Å². The van der Waals surface area contributed by atoms with Gasteiger partial charge in [0.05, 0.1) is 36.7 Å². The summed E-state index contributed by atoms with van der Waals surface area (Å²) in [5, 5.41) is 16.4. The standard InChI is InChI=1S/C30H45N3O6/c1-6-9-16-31-27(36)25-30-15-14-29(7-2,39-30)23(24(30)28(37)33(25)21(18-34)17-19(4)5)26(35)32-20-10-12-22(13-11-20)38-8-3/h10-13,19,21,23-25,34H,6-9,14-18H2,1-5H3,(H,31,36)(H,32,35)/t21-,23-,24+,25?,29+,30?/m1/s1. The Labute approximate surface area is 232 Å². The number of likely N-dealkylation sites (tertiary alicyclic amines) is 1. The van der Waals surface area contributed by atoms with E-state index in [4.69, 9.17) is 9.47 Å². The molecule has 0 radical (unpaired) electrons. The van der Waals surface area contributed by atoms with E-state index >= 15 is 0 Å². The number of aliphatic hydroxyl groups excluding tert-OH is 1. The summed E-state index contributed by atoms with van der Waals surface area (Å²) in [6, 6.07) is 5.73. The molecule has 1 aromatic rings. The van der Waals surface area contributed by atoms with E-state index in [0.29, 0.717) is 50.3 Å². The van der Waals surface area contributed by atoms with Gasteiger partial charge in [0.15, 0.2) is 0 Å². The number of aliphatic hydroxyl groups is 1. The highest BCUT2D eigenvalue weighted by Crippen LogP contribution is 2.64. The summed E-state index contributed by atoms with van der Waals surface area (Å²) in [6.45, 7) is 10.8. The van der Waals surface area contributed by atoms with Crippen LogP contribution >= 0.6 is 0 Å². The van der Waals surface area contributed by atoms with Crippen LogP contribution in [0.2, 0.25) is 0 Å². The molecule has 3 aliphatic heterocycles. The molecule has 3 heterocycles. The van der Waals surface area contributed by atoms with E-state index in [9.17, 15) is 19.5 Å². The van der Waals surface area contributed by atoms with Crippen LogP contribution in [0.15, 0.2) is 24.3 Å². The lowest BCUT2D eigenvalue weighted by Crippen LogP contribution is -2.58. The molecule has 1 spiro atoms. The summed E-state index contributed by atoms with van der Waals surface area (Å²) in [5.41, 5.74) is -1.32. The van der Waals surface area contributed by atoms with Gasteiger partial charge >= 0.3 is 0 Å². The first-order chi connectivity index (χ1) is 18.7. The minimum absolute atomic E-state index is 0.203. The molecule has 0 saturated carbocycles. The van der Waals surface area contributed by atoms with Gasteiger partial charge in [0, 0.05) is 12.2 Å².